The fourth-order valence-electron chi connectivity index (χ4n) is 3.70. The van der Waals surface area contributed by atoms with Gasteiger partial charge in [-0.25, -0.2) is 12.7 Å². The predicted octanol–water partition coefficient (Wildman–Crippen LogP) is -0.470. The molecule has 7 nitrogen and oxygen atoms in total. The number of hydrogen-bond acceptors (Lipinski definition) is 5. The van der Waals surface area contributed by atoms with Gasteiger partial charge in [0.1, 0.15) is 0 Å². The zero-order chi connectivity index (χ0) is 17.4. The van der Waals surface area contributed by atoms with Crippen molar-refractivity contribution in [1.82, 2.24) is 19.9 Å². The highest BCUT2D eigenvalue weighted by Crippen LogP contribution is 2.40. The summed E-state index contributed by atoms with van der Waals surface area (Å²) in [7, 11) is -3.27. The fourth-order valence-corrected chi connectivity index (χ4v) is 4.61. The highest BCUT2D eigenvalue weighted by molar-refractivity contribution is 7.88. The van der Waals surface area contributed by atoms with Crippen LogP contribution in [0.5, 0.6) is 0 Å². The molecule has 3 heterocycles. The SMILES string of the molecule is Cc1cccnc1CCNC(=O)[C@@]12CNC[C@@H]1CN(S(C)(=O)=O)C2. The standard InChI is InChI=1S/C16H24N4O3S/c1-12-4-3-6-18-14(12)5-7-19-15(21)16-10-17-8-13(16)9-20(11-16)24(2,22)23/h3-4,6,13,17H,5,7-11H2,1-2H3,(H,19,21)/t13-,16-/m1/s1. The Morgan fingerprint density at radius 3 is 3.04 bits per heavy atom. The Morgan fingerprint density at radius 1 is 1.54 bits per heavy atom. The normalized spacial score (nSPS) is 27.2. The molecule has 1 aromatic rings. The third-order valence-electron chi connectivity index (χ3n) is 5.18. The van der Waals surface area contributed by atoms with Gasteiger partial charge in [0, 0.05) is 57.0 Å². The molecule has 0 spiro atoms. The summed E-state index contributed by atoms with van der Waals surface area (Å²) in [6, 6.07) is 3.89. The Labute approximate surface area is 142 Å². The van der Waals surface area contributed by atoms with Crippen LogP contribution < -0.4 is 10.6 Å². The summed E-state index contributed by atoms with van der Waals surface area (Å²) in [5.74, 6) is -0.0268. The molecule has 1 aromatic heterocycles. The Bertz CT molecular complexity index is 737. The van der Waals surface area contributed by atoms with Crippen molar-refractivity contribution in [3.8, 4) is 0 Å². The maximum absolute atomic E-state index is 12.8. The van der Waals surface area contributed by atoms with E-state index in [4.69, 9.17) is 0 Å². The molecule has 2 N–H and O–H groups in total. The number of rotatable bonds is 5. The number of aromatic nitrogens is 1. The number of carbonyl (C=O) groups is 1. The van der Waals surface area contributed by atoms with Crippen molar-refractivity contribution in [1.29, 1.82) is 0 Å². The lowest BCUT2D eigenvalue weighted by atomic mass is 9.80. The van der Waals surface area contributed by atoms with Gasteiger partial charge in [-0.2, -0.15) is 0 Å². The Kier molecular flexibility index (Phi) is 4.63. The average Bonchev–Trinajstić information content (AvgIpc) is 3.06. The summed E-state index contributed by atoms with van der Waals surface area (Å²) in [6.45, 7) is 4.39. The van der Waals surface area contributed by atoms with Crippen LogP contribution in [0.3, 0.4) is 0 Å². The van der Waals surface area contributed by atoms with E-state index in [0.717, 1.165) is 11.3 Å². The molecule has 0 unspecified atom stereocenters. The highest BCUT2D eigenvalue weighted by Gasteiger charge is 2.56. The molecule has 0 saturated carbocycles. The maximum Gasteiger partial charge on any atom is 0.229 e. The molecule has 0 radical (unpaired) electrons. The summed E-state index contributed by atoms with van der Waals surface area (Å²) in [5.41, 5.74) is 1.43. The minimum Gasteiger partial charge on any atom is -0.355 e. The number of nitrogens with zero attached hydrogens (tertiary/aromatic N) is 2. The molecular formula is C16H24N4O3S. The van der Waals surface area contributed by atoms with Crippen molar-refractivity contribution in [3.63, 3.8) is 0 Å². The molecule has 132 valence electrons. The second kappa shape index (κ2) is 6.42. The summed E-state index contributed by atoms with van der Waals surface area (Å²) >= 11 is 0. The molecule has 0 aliphatic carbocycles. The topological polar surface area (TPSA) is 91.4 Å². The highest BCUT2D eigenvalue weighted by atomic mass is 32.2. The lowest BCUT2D eigenvalue weighted by molar-refractivity contribution is -0.130. The molecule has 2 atom stereocenters. The monoisotopic (exact) mass is 352 g/mol. The van der Waals surface area contributed by atoms with Gasteiger partial charge < -0.3 is 10.6 Å². The van der Waals surface area contributed by atoms with E-state index in [9.17, 15) is 13.2 Å². The number of aryl methyl sites for hydroxylation is 1. The van der Waals surface area contributed by atoms with Crippen LogP contribution >= 0.6 is 0 Å². The molecule has 2 aliphatic rings. The van der Waals surface area contributed by atoms with Gasteiger partial charge in [-0.15, -0.1) is 0 Å². The minimum atomic E-state index is -3.27. The number of carbonyl (C=O) groups excluding carboxylic acids is 1. The van der Waals surface area contributed by atoms with Gasteiger partial charge in [0.2, 0.25) is 15.9 Å². The lowest BCUT2D eigenvalue weighted by Gasteiger charge is -2.26. The second-order valence-corrected chi connectivity index (χ2v) is 8.79. The molecule has 8 heteroatoms. The molecular weight excluding hydrogens is 328 g/mol. The Balaban J connectivity index is 1.64. The van der Waals surface area contributed by atoms with Crippen LogP contribution in [0.2, 0.25) is 0 Å². The smallest absolute Gasteiger partial charge is 0.229 e. The number of hydrogen-bond donors (Lipinski definition) is 2. The molecule has 0 aromatic carbocycles. The maximum atomic E-state index is 12.8. The Morgan fingerprint density at radius 2 is 2.33 bits per heavy atom. The van der Waals surface area contributed by atoms with E-state index in [1.807, 2.05) is 19.1 Å². The first kappa shape index (κ1) is 17.3. The number of fused-ring (bicyclic) bond motifs is 1. The first-order valence-electron chi connectivity index (χ1n) is 8.17. The molecule has 24 heavy (non-hydrogen) atoms. The number of amides is 1. The largest absolute Gasteiger partial charge is 0.355 e. The molecule has 2 fully saturated rings. The zero-order valence-corrected chi connectivity index (χ0v) is 14.9. The van der Waals surface area contributed by atoms with Gasteiger partial charge in [-0.05, 0) is 18.6 Å². The average molecular weight is 352 g/mol. The third kappa shape index (κ3) is 3.18. The fraction of sp³-hybridized carbons (Fsp3) is 0.625. The van der Waals surface area contributed by atoms with Crippen molar-refractivity contribution in [2.45, 2.75) is 13.3 Å². The predicted molar refractivity (Wildman–Crippen MR) is 90.9 cm³/mol. The molecule has 2 saturated heterocycles. The van der Waals surface area contributed by atoms with E-state index in [-0.39, 0.29) is 18.4 Å². The quantitative estimate of drug-likeness (QED) is 0.748. The summed E-state index contributed by atoms with van der Waals surface area (Å²) in [6.07, 6.45) is 3.63. The van der Waals surface area contributed by atoms with Crippen LogP contribution in [-0.2, 0) is 21.2 Å². The van der Waals surface area contributed by atoms with Gasteiger partial charge >= 0.3 is 0 Å². The van der Waals surface area contributed by atoms with Crippen molar-refractivity contribution in [2.75, 3.05) is 39.0 Å². The van der Waals surface area contributed by atoms with Gasteiger partial charge in [-0.1, -0.05) is 6.07 Å². The van der Waals surface area contributed by atoms with E-state index in [0.29, 0.717) is 32.6 Å². The van der Waals surface area contributed by atoms with E-state index in [1.54, 1.807) is 6.20 Å². The summed E-state index contributed by atoms with van der Waals surface area (Å²) in [5, 5.41) is 6.23. The van der Waals surface area contributed by atoms with Crippen LogP contribution in [0.4, 0.5) is 0 Å². The van der Waals surface area contributed by atoms with Crippen LogP contribution in [0.15, 0.2) is 18.3 Å². The first-order valence-corrected chi connectivity index (χ1v) is 10.0. The van der Waals surface area contributed by atoms with Gasteiger partial charge in [-0.3, -0.25) is 9.78 Å². The lowest BCUT2D eigenvalue weighted by Crippen LogP contribution is -2.48. The molecule has 0 bridgehead atoms. The van der Waals surface area contributed by atoms with Crippen molar-refractivity contribution < 1.29 is 13.2 Å². The summed E-state index contributed by atoms with van der Waals surface area (Å²) < 4.78 is 25.1. The van der Waals surface area contributed by atoms with Crippen LogP contribution in [0, 0.1) is 18.3 Å². The van der Waals surface area contributed by atoms with Crippen LogP contribution in [-0.4, -0.2) is 62.6 Å². The molecule has 1 amide bonds. The van der Waals surface area contributed by atoms with Gasteiger partial charge in [0.05, 0.1) is 11.7 Å². The van der Waals surface area contributed by atoms with Crippen LogP contribution in [0.1, 0.15) is 11.3 Å². The van der Waals surface area contributed by atoms with Crippen molar-refractivity contribution in [3.05, 3.63) is 29.6 Å². The van der Waals surface area contributed by atoms with Crippen molar-refractivity contribution in [2.24, 2.45) is 11.3 Å². The van der Waals surface area contributed by atoms with E-state index in [2.05, 4.69) is 15.6 Å². The van der Waals surface area contributed by atoms with E-state index >= 15 is 0 Å². The number of sulfonamides is 1. The van der Waals surface area contributed by atoms with E-state index in [1.165, 1.54) is 10.6 Å². The van der Waals surface area contributed by atoms with Gasteiger partial charge in [0.15, 0.2) is 0 Å². The second-order valence-electron chi connectivity index (χ2n) is 6.81. The van der Waals surface area contributed by atoms with Gasteiger partial charge in [0.25, 0.3) is 0 Å². The Hall–Kier alpha value is -1.51. The van der Waals surface area contributed by atoms with Crippen LogP contribution in [0.25, 0.3) is 0 Å². The third-order valence-corrected chi connectivity index (χ3v) is 6.40. The first-order chi connectivity index (χ1) is 11.3. The van der Waals surface area contributed by atoms with Crippen molar-refractivity contribution >= 4 is 15.9 Å². The molecule has 3 rings (SSSR count). The van der Waals surface area contributed by atoms with E-state index < -0.39 is 15.4 Å². The number of pyridine rings is 1. The molecule has 2 aliphatic heterocycles. The number of nitrogens with one attached hydrogen (secondary N) is 2. The zero-order valence-electron chi connectivity index (χ0n) is 14.1. The summed E-state index contributed by atoms with van der Waals surface area (Å²) in [4.78, 5) is 17.1. The minimum absolute atomic E-state index is 0.0313.